The van der Waals surface area contributed by atoms with E-state index >= 15 is 0 Å². The molecule has 0 unspecified atom stereocenters. The Morgan fingerprint density at radius 2 is 1.70 bits per heavy atom. The molecule has 1 heterocycles. The van der Waals surface area contributed by atoms with E-state index in [0.29, 0.717) is 18.3 Å². The fourth-order valence-corrected chi connectivity index (χ4v) is 2.62. The van der Waals surface area contributed by atoms with E-state index in [1.54, 1.807) is 0 Å². The lowest BCUT2D eigenvalue weighted by molar-refractivity contribution is -0.114. The van der Waals surface area contributed by atoms with Crippen LogP contribution in [0.15, 0.2) is 54.6 Å². The number of benzene rings is 2. The fraction of sp³-hybridized carbons (Fsp3) is 0.190. The normalized spacial score (nSPS) is 10.3. The Morgan fingerprint density at radius 3 is 2.44 bits per heavy atom. The standard InChI is InChI=1S/C21H23N5O/c1-14-7-9-17(10-8-14)13-22-21-23-15(2)11-20(26-21)25-19-6-4-5-18(12-19)24-16(3)27/h4-12H,13H2,1-3H3,(H,24,27)(H2,22,23,25,26). The second kappa shape index (κ2) is 8.31. The van der Waals surface area contributed by atoms with Crippen molar-refractivity contribution < 1.29 is 4.79 Å². The molecule has 0 aliphatic heterocycles. The Hall–Kier alpha value is -3.41. The smallest absolute Gasteiger partial charge is 0.225 e. The van der Waals surface area contributed by atoms with Gasteiger partial charge in [0.15, 0.2) is 0 Å². The minimum Gasteiger partial charge on any atom is -0.350 e. The molecule has 138 valence electrons. The van der Waals surface area contributed by atoms with Crippen molar-refractivity contribution in [2.24, 2.45) is 0 Å². The van der Waals surface area contributed by atoms with Crippen LogP contribution < -0.4 is 16.0 Å². The van der Waals surface area contributed by atoms with E-state index in [0.717, 1.165) is 17.1 Å². The lowest BCUT2D eigenvalue weighted by atomic mass is 10.1. The Balaban J connectivity index is 1.71. The molecule has 2 aromatic carbocycles. The molecule has 0 bridgehead atoms. The number of nitrogens with zero attached hydrogens (tertiary/aromatic N) is 2. The third-order valence-electron chi connectivity index (χ3n) is 3.88. The van der Waals surface area contributed by atoms with Crippen LogP contribution in [0.4, 0.5) is 23.1 Å². The van der Waals surface area contributed by atoms with Crippen molar-refractivity contribution in [2.75, 3.05) is 16.0 Å². The van der Waals surface area contributed by atoms with Gasteiger partial charge in [-0.3, -0.25) is 4.79 Å². The molecular weight excluding hydrogens is 338 g/mol. The first kappa shape index (κ1) is 18.4. The second-order valence-electron chi connectivity index (χ2n) is 6.44. The third-order valence-corrected chi connectivity index (χ3v) is 3.88. The van der Waals surface area contributed by atoms with Gasteiger partial charge in [-0.1, -0.05) is 35.9 Å². The maximum absolute atomic E-state index is 11.2. The van der Waals surface area contributed by atoms with E-state index in [1.165, 1.54) is 18.1 Å². The summed E-state index contributed by atoms with van der Waals surface area (Å²) in [6.07, 6.45) is 0. The van der Waals surface area contributed by atoms with Gasteiger partial charge in [0.05, 0.1) is 0 Å². The highest BCUT2D eigenvalue weighted by Crippen LogP contribution is 2.20. The maximum atomic E-state index is 11.2. The van der Waals surface area contributed by atoms with E-state index < -0.39 is 0 Å². The quantitative estimate of drug-likeness (QED) is 0.606. The fourth-order valence-electron chi connectivity index (χ4n) is 2.62. The lowest BCUT2D eigenvalue weighted by Crippen LogP contribution is -2.07. The molecule has 1 amide bonds. The molecule has 3 aromatic rings. The average molecular weight is 361 g/mol. The van der Waals surface area contributed by atoms with Crippen LogP contribution in [-0.2, 0) is 11.3 Å². The number of rotatable bonds is 6. The molecule has 27 heavy (non-hydrogen) atoms. The minimum absolute atomic E-state index is 0.104. The van der Waals surface area contributed by atoms with Crippen molar-refractivity contribution in [1.29, 1.82) is 0 Å². The van der Waals surface area contributed by atoms with Gasteiger partial charge in [0, 0.05) is 36.6 Å². The van der Waals surface area contributed by atoms with Gasteiger partial charge in [0.25, 0.3) is 0 Å². The second-order valence-corrected chi connectivity index (χ2v) is 6.44. The summed E-state index contributed by atoms with van der Waals surface area (Å²) in [5.41, 5.74) is 4.83. The van der Waals surface area contributed by atoms with Gasteiger partial charge in [-0.05, 0) is 37.6 Å². The highest BCUT2D eigenvalue weighted by atomic mass is 16.1. The van der Waals surface area contributed by atoms with Crippen LogP contribution in [0.2, 0.25) is 0 Å². The molecule has 3 rings (SSSR count). The number of aromatic nitrogens is 2. The molecule has 0 atom stereocenters. The molecular formula is C21H23N5O. The SMILES string of the molecule is CC(=O)Nc1cccc(Nc2cc(C)nc(NCc3ccc(C)cc3)n2)c1. The van der Waals surface area contributed by atoms with Gasteiger partial charge >= 0.3 is 0 Å². The summed E-state index contributed by atoms with van der Waals surface area (Å²) in [6, 6.07) is 17.7. The van der Waals surface area contributed by atoms with E-state index in [9.17, 15) is 4.79 Å². The number of carbonyl (C=O) groups is 1. The van der Waals surface area contributed by atoms with E-state index in [4.69, 9.17) is 0 Å². The van der Waals surface area contributed by atoms with Crippen LogP contribution in [0.25, 0.3) is 0 Å². The van der Waals surface area contributed by atoms with Gasteiger partial charge in [0.1, 0.15) is 5.82 Å². The number of carbonyl (C=O) groups excluding carboxylic acids is 1. The monoisotopic (exact) mass is 361 g/mol. The van der Waals surface area contributed by atoms with Crippen LogP contribution in [0.5, 0.6) is 0 Å². The molecule has 0 radical (unpaired) electrons. The molecule has 0 saturated heterocycles. The van der Waals surface area contributed by atoms with Crippen molar-refractivity contribution in [1.82, 2.24) is 9.97 Å². The van der Waals surface area contributed by atoms with Gasteiger partial charge in [0.2, 0.25) is 11.9 Å². The highest BCUT2D eigenvalue weighted by Gasteiger charge is 2.04. The van der Waals surface area contributed by atoms with Crippen LogP contribution >= 0.6 is 0 Å². The number of nitrogens with one attached hydrogen (secondary N) is 3. The molecule has 0 saturated carbocycles. The maximum Gasteiger partial charge on any atom is 0.225 e. The van der Waals surface area contributed by atoms with Crippen LogP contribution in [0.3, 0.4) is 0 Å². The first-order valence-electron chi connectivity index (χ1n) is 8.78. The molecule has 1 aromatic heterocycles. The van der Waals surface area contributed by atoms with Crippen molar-refractivity contribution in [3.05, 3.63) is 71.4 Å². The molecule has 3 N–H and O–H groups in total. The number of anilines is 4. The number of amides is 1. The summed E-state index contributed by atoms with van der Waals surface area (Å²) in [5, 5.41) is 9.30. The summed E-state index contributed by atoms with van der Waals surface area (Å²) in [4.78, 5) is 20.2. The Morgan fingerprint density at radius 1 is 0.963 bits per heavy atom. The zero-order valence-corrected chi connectivity index (χ0v) is 15.7. The predicted octanol–water partition coefficient (Wildman–Crippen LogP) is 4.41. The Kier molecular flexibility index (Phi) is 5.66. The summed E-state index contributed by atoms with van der Waals surface area (Å²) in [6.45, 7) is 6.14. The summed E-state index contributed by atoms with van der Waals surface area (Å²) < 4.78 is 0. The third kappa shape index (κ3) is 5.54. The summed E-state index contributed by atoms with van der Waals surface area (Å²) >= 11 is 0. The van der Waals surface area contributed by atoms with E-state index in [1.807, 2.05) is 37.3 Å². The van der Waals surface area contributed by atoms with Crippen molar-refractivity contribution in [3.63, 3.8) is 0 Å². The highest BCUT2D eigenvalue weighted by molar-refractivity contribution is 5.89. The van der Waals surface area contributed by atoms with E-state index in [-0.39, 0.29) is 5.91 Å². The topological polar surface area (TPSA) is 78.9 Å². The van der Waals surface area contributed by atoms with Gasteiger partial charge in [-0.25, -0.2) is 4.98 Å². The summed E-state index contributed by atoms with van der Waals surface area (Å²) in [7, 11) is 0. The number of aryl methyl sites for hydroxylation is 2. The van der Waals surface area contributed by atoms with Gasteiger partial charge in [-0.15, -0.1) is 0 Å². The lowest BCUT2D eigenvalue weighted by Gasteiger charge is -2.11. The van der Waals surface area contributed by atoms with Gasteiger partial charge < -0.3 is 16.0 Å². The van der Waals surface area contributed by atoms with Crippen LogP contribution in [-0.4, -0.2) is 15.9 Å². The van der Waals surface area contributed by atoms with Crippen molar-refractivity contribution in [2.45, 2.75) is 27.3 Å². The largest absolute Gasteiger partial charge is 0.350 e. The molecule has 0 fully saturated rings. The number of hydrogen-bond donors (Lipinski definition) is 3. The molecule has 0 aliphatic rings. The van der Waals surface area contributed by atoms with Crippen molar-refractivity contribution in [3.8, 4) is 0 Å². The minimum atomic E-state index is -0.104. The Labute approximate surface area is 159 Å². The van der Waals surface area contributed by atoms with Crippen LogP contribution in [0, 0.1) is 13.8 Å². The van der Waals surface area contributed by atoms with Gasteiger partial charge in [-0.2, -0.15) is 4.98 Å². The zero-order valence-electron chi connectivity index (χ0n) is 15.7. The first-order chi connectivity index (χ1) is 13.0. The number of hydrogen-bond acceptors (Lipinski definition) is 5. The Bertz CT molecular complexity index is 938. The molecule has 0 spiro atoms. The van der Waals surface area contributed by atoms with Crippen LogP contribution in [0.1, 0.15) is 23.7 Å². The predicted molar refractivity (Wildman–Crippen MR) is 109 cm³/mol. The van der Waals surface area contributed by atoms with E-state index in [2.05, 4.69) is 57.1 Å². The zero-order chi connectivity index (χ0) is 19.2. The molecule has 6 nitrogen and oxygen atoms in total. The molecule has 6 heteroatoms. The average Bonchev–Trinajstić information content (AvgIpc) is 2.60. The molecule has 0 aliphatic carbocycles. The summed E-state index contributed by atoms with van der Waals surface area (Å²) in [5.74, 6) is 1.15. The van der Waals surface area contributed by atoms with Crippen molar-refractivity contribution >= 4 is 29.0 Å². The first-order valence-corrected chi connectivity index (χ1v) is 8.78.